The molecule has 0 saturated carbocycles. The molecule has 5 heteroatoms. The van der Waals surface area contributed by atoms with Gasteiger partial charge in [0.05, 0.1) is 13.5 Å². The average molecular weight is 282 g/mol. The van der Waals surface area contributed by atoms with E-state index in [4.69, 9.17) is 16.3 Å². The van der Waals surface area contributed by atoms with Crippen LogP contribution < -0.4 is 4.74 Å². The number of halogens is 3. The molecule has 0 amide bonds. The molecule has 0 aliphatic rings. The van der Waals surface area contributed by atoms with E-state index >= 15 is 0 Å². The Balaban J connectivity index is 3.18. The zero-order chi connectivity index (χ0) is 10.7. The first-order valence-electron chi connectivity index (χ1n) is 3.75. The first kappa shape index (κ1) is 11.5. The largest absolute Gasteiger partial charge is 0.496 e. The highest BCUT2D eigenvalue weighted by Gasteiger charge is 2.13. The summed E-state index contributed by atoms with van der Waals surface area (Å²) in [4.78, 5) is 10.6. The summed E-state index contributed by atoms with van der Waals surface area (Å²) in [5.74, 6) is -0.198. The van der Waals surface area contributed by atoms with Crippen LogP contribution in [0.15, 0.2) is 16.6 Å². The molecule has 0 radical (unpaired) electrons. The highest BCUT2D eigenvalue weighted by molar-refractivity contribution is 9.10. The van der Waals surface area contributed by atoms with E-state index in [0.717, 1.165) is 0 Å². The van der Waals surface area contributed by atoms with Gasteiger partial charge < -0.3 is 4.74 Å². The number of ether oxygens (including phenoxy) is 1. The molecule has 0 unspecified atom stereocenters. The maximum atomic E-state index is 13.3. The molecule has 0 aliphatic carbocycles. The Morgan fingerprint density at radius 3 is 2.79 bits per heavy atom. The number of carbonyl (C=O) groups is 1. The van der Waals surface area contributed by atoms with Crippen LogP contribution >= 0.6 is 27.5 Å². The van der Waals surface area contributed by atoms with Crippen LogP contribution in [0.1, 0.15) is 5.56 Å². The van der Waals surface area contributed by atoms with Crippen molar-refractivity contribution in [1.82, 2.24) is 0 Å². The number of rotatable bonds is 3. The van der Waals surface area contributed by atoms with E-state index in [1.165, 1.54) is 13.2 Å². The third-order valence-electron chi connectivity index (χ3n) is 1.65. The molecular weight excluding hydrogens is 274 g/mol. The summed E-state index contributed by atoms with van der Waals surface area (Å²) in [5, 5.41) is -0.621. The van der Waals surface area contributed by atoms with E-state index in [9.17, 15) is 9.18 Å². The van der Waals surface area contributed by atoms with E-state index in [1.807, 2.05) is 0 Å². The van der Waals surface area contributed by atoms with Gasteiger partial charge in [-0.3, -0.25) is 4.79 Å². The van der Waals surface area contributed by atoms with Gasteiger partial charge in [-0.05, 0) is 23.7 Å². The Labute approximate surface area is 94.1 Å². The second kappa shape index (κ2) is 4.75. The Bertz CT molecular complexity index is 368. The lowest BCUT2D eigenvalue weighted by Gasteiger charge is -2.08. The smallest absolute Gasteiger partial charge is 0.226 e. The van der Waals surface area contributed by atoms with Crippen LogP contribution in [0.5, 0.6) is 5.75 Å². The second-order valence-electron chi connectivity index (χ2n) is 2.60. The first-order chi connectivity index (χ1) is 6.54. The van der Waals surface area contributed by atoms with E-state index < -0.39 is 11.1 Å². The van der Waals surface area contributed by atoms with Gasteiger partial charge in [-0.25, -0.2) is 4.39 Å². The molecule has 1 rings (SSSR count). The SMILES string of the molecule is COc1cc(Br)cc(F)c1CC(=O)Cl. The Kier molecular flexibility index (Phi) is 3.89. The standard InChI is InChI=1S/C9H7BrClFO2/c1-14-8-3-5(10)2-7(12)6(8)4-9(11)13/h2-3H,4H2,1H3. The number of hydrogen-bond donors (Lipinski definition) is 0. The van der Waals surface area contributed by atoms with Gasteiger partial charge in [0.1, 0.15) is 11.6 Å². The molecule has 0 aromatic heterocycles. The molecule has 0 aliphatic heterocycles. The molecule has 76 valence electrons. The lowest BCUT2D eigenvalue weighted by molar-refractivity contribution is -0.111. The molecular formula is C9H7BrClFO2. The molecule has 0 heterocycles. The fraction of sp³-hybridized carbons (Fsp3) is 0.222. The van der Waals surface area contributed by atoms with Gasteiger partial charge in [0.2, 0.25) is 5.24 Å². The van der Waals surface area contributed by atoms with E-state index in [-0.39, 0.29) is 12.0 Å². The predicted molar refractivity (Wildman–Crippen MR) is 55.2 cm³/mol. The fourth-order valence-electron chi connectivity index (χ4n) is 1.07. The Hall–Kier alpha value is -0.610. The van der Waals surface area contributed by atoms with Crippen molar-refractivity contribution < 1.29 is 13.9 Å². The van der Waals surface area contributed by atoms with Crippen molar-refractivity contribution in [2.45, 2.75) is 6.42 Å². The van der Waals surface area contributed by atoms with Gasteiger partial charge in [0, 0.05) is 10.0 Å². The summed E-state index contributed by atoms with van der Waals surface area (Å²) in [6.45, 7) is 0. The average Bonchev–Trinajstić information content (AvgIpc) is 2.08. The van der Waals surface area contributed by atoms with Crippen molar-refractivity contribution in [2.75, 3.05) is 7.11 Å². The Morgan fingerprint density at radius 1 is 1.64 bits per heavy atom. The van der Waals surface area contributed by atoms with Gasteiger partial charge in [-0.2, -0.15) is 0 Å². The second-order valence-corrected chi connectivity index (χ2v) is 3.94. The third kappa shape index (κ3) is 2.69. The number of carbonyl (C=O) groups excluding carboxylic acids is 1. The van der Waals surface area contributed by atoms with Gasteiger partial charge in [0.15, 0.2) is 0 Å². The molecule has 0 bridgehead atoms. The normalized spacial score (nSPS) is 10.0. The van der Waals surface area contributed by atoms with Crippen LogP contribution in [0.25, 0.3) is 0 Å². The van der Waals surface area contributed by atoms with Gasteiger partial charge >= 0.3 is 0 Å². The molecule has 0 saturated heterocycles. The number of benzene rings is 1. The van der Waals surface area contributed by atoms with Gasteiger partial charge in [-0.15, -0.1) is 0 Å². The molecule has 0 N–H and O–H groups in total. The quantitative estimate of drug-likeness (QED) is 0.796. The minimum atomic E-state index is -0.621. The van der Waals surface area contributed by atoms with Crippen LogP contribution in [-0.4, -0.2) is 12.4 Å². The zero-order valence-corrected chi connectivity index (χ0v) is 9.65. The number of hydrogen-bond acceptors (Lipinski definition) is 2. The van der Waals surface area contributed by atoms with Crippen LogP contribution in [0.4, 0.5) is 4.39 Å². The van der Waals surface area contributed by atoms with Crippen LogP contribution in [0, 0.1) is 5.82 Å². The molecule has 0 fully saturated rings. The van der Waals surface area contributed by atoms with Crippen molar-refractivity contribution in [3.63, 3.8) is 0 Å². The van der Waals surface area contributed by atoms with Gasteiger partial charge in [0.25, 0.3) is 0 Å². The van der Waals surface area contributed by atoms with E-state index in [2.05, 4.69) is 15.9 Å². The zero-order valence-electron chi connectivity index (χ0n) is 7.31. The molecule has 2 nitrogen and oxygen atoms in total. The monoisotopic (exact) mass is 280 g/mol. The minimum Gasteiger partial charge on any atom is -0.496 e. The topological polar surface area (TPSA) is 26.3 Å². The van der Waals surface area contributed by atoms with Gasteiger partial charge in [-0.1, -0.05) is 15.9 Å². The van der Waals surface area contributed by atoms with Crippen LogP contribution in [0.2, 0.25) is 0 Å². The van der Waals surface area contributed by atoms with E-state index in [1.54, 1.807) is 6.07 Å². The van der Waals surface area contributed by atoms with Crippen molar-refractivity contribution in [3.8, 4) is 5.75 Å². The summed E-state index contributed by atoms with van der Waals surface area (Å²) in [5.41, 5.74) is 0.177. The maximum Gasteiger partial charge on any atom is 0.226 e. The highest BCUT2D eigenvalue weighted by atomic mass is 79.9. The van der Waals surface area contributed by atoms with Crippen molar-refractivity contribution in [1.29, 1.82) is 0 Å². The van der Waals surface area contributed by atoms with Crippen molar-refractivity contribution in [3.05, 3.63) is 28.0 Å². The lowest BCUT2D eigenvalue weighted by atomic mass is 10.1. The summed E-state index contributed by atoms with van der Waals surface area (Å²) >= 11 is 8.30. The fourth-order valence-corrected chi connectivity index (χ4v) is 1.62. The summed E-state index contributed by atoms with van der Waals surface area (Å²) in [6, 6.07) is 2.84. The van der Waals surface area contributed by atoms with Crippen LogP contribution in [0.3, 0.4) is 0 Å². The molecule has 0 spiro atoms. The minimum absolute atomic E-state index is 0.177. The molecule has 1 aromatic rings. The summed E-state index contributed by atoms with van der Waals surface area (Å²) < 4.78 is 18.8. The molecule has 0 atom stereocenters. The van der Waals surface area contributed by atoms with E-state index in [0.29, 0.717) is 10.2 Å². The summed E-state index contributed by atoms with van der Waals surface area (Å²) in [6.07, 6.45) is -0.177. The lowest BCUT2D eigenvalue weighted by Crippen LogP contribution is -2.01. The molecule has 14 heavy (non-hydrogen) atoms. The molecule has 1 aromatic carbocycles. The van der Waals surface area contributed by atoms with Crippen molar-refractivity contribution >= 4 is 32.8 Å². The predicted octanol–water partition coefficient (Wildman–Crippen LogP) is 2.90. The van der Waals surface area contributed by atoms with Crippen molar-refractivity contribution in [2.24, 2.45) is 0 Å². The maximum absolute atomic E-state index is 13.3. The highest BCUT2D eigenvalue weighted by Crippen LogP contribution is 2.27. The first-order valence-corrected chi connectivity index (χ1v) is 4.92. The Morgan fingerprint density at radius 2 is 2.29 bits per heavy atom. The number of methoxy groups -OCH3 is 1. The summed E-state index contributed by atoms with van der Waals surface area (Å²) in [7, 11) is 1.41. The van der Waals surface area contributed by atoms with Crippen LogP contribution in [-0.2, 0) is 11.2 Å². The third-order valence-corrected chi connectivity index (χ3v) is 2.25.